The van der Waals surface area contributed by atoms with E-state index < -0.39 is 12.0 Å². The molecule has 1 fully saturated rings. The second kappa shape index (κ2) is 4.28. The summed E-state index contributed by atoms with van der Waals surface area (Å²) in [6, 6.07) is 0. The molecule has 0 saturated heterocycles. The van der Waals surface area contributed by atoms with Crippen LogP contribution in [-0.4, -0.2) is 24.2 Å². The van der Waals surface area contributed by atoms with Gasteiger partial charge in [0.15, 0.2) is 0 Å². The Morgan fingerprint density at radius 2 is 2.36 bits per heavy atom. The maximum atomic E-state index is 10.9. The maximum Gasteiger partial charge on any atom is 0.246 e. The Labute approximate surface area is 85.0 Å². The number of carbonyl (C=O) groups is 1. The molecule has 14 heavy (non-hydrogen) atoms. The smallest absolute Gasteiger partial charge is 0.246 e. The number of hydrogen-bond donors (Lipinski definition) is 2. The molecule has 1 amide bonds. The summed E-state index contributed by atoms with van der Waals surface area (Å²) in [5.74, 6) is 0.205. The first kappa shape index (κ1) is 11.5. The highest BCUT2D eigenvalue weighted by Crippen LogP contribution is 2.37. The minimum Gasteiger partial charge on any atom is -0.367 e. The molecule has 1 aliphatic rings. The van der Waals surface area contributed by atoms with Gasteiger partial charge in [-0.25, -0.2) is 0 Å². The van der Waals surface area contributed by atoms with Gasteiger partial charge in [-0.3, -0.25) is 4.79 Å². The van der Waals surface area contributed by atoms with Crippen LogP contribution in [0.5, 0.6) is 0 Å². The standard InChI is InChI=1S/C10H20N2O2/c1-7-3-4-10(5-7,6-11)14-8(2)9(12)13/h7-8H,3-6,11H2,1-2H3,(H2,12,13). The average molecular weight is 200 g/mol. The van der Waals surface area contributed by atoms with Gasteiger partial charge < -0.3 is 16.2 Å². The van der Waals surface area contributed by atoms with Crippen molar-refractivity contribution in [3.63, 3.8) is 0 Å². The van der Waals surface area contributed by atoms with Crippen LogP contribution in [0.15, 0.2) is 0 Å². The van der Waals surface area contributed by atoms with Gasteiger partial charge in [0.25, 0.3) is 0 Å². The summed E-state index contributed by atoms with van der Waals surface area (Å²) in [5, 5.41) is 0. The van der Waals surface area contributed by atoms with Gasteiger partial charge in [-0.15, -0.1) is 0 Å². The lowest BCUT2D eigenvalue weighted by atomic mass is 10.0. The van der Waals surface area contributed by atoms with Gasteiger partial charge in [-0.2, -0.15) is 0 Å². The molecule has 1 saturated carbocycles. The van der Waals surface area contributed by atoms with E-state index in [0.717, 1.165) is 19.3 Å². The zero-order chi connectivity index (χ0) is 10.8. The van der Waals surface area contributed by atoms with E-state index in [9.17, 15) is 4.79 Å². The highest BCUT2D eigenvalue weighted by Gasteiger charge is 2.39. The largest absolute Gasteiger partial charge is 0.367 e. The summed E-state index contributed by atoms with van der Waals surface area (Å²) in [7, 11) is 0. The van der Waals surface area contributed by atoms with Crippen LogP contribution in [0, 0.1) is 5.92 Å². The van der Waals surface area contributed by atoms with Crippen molar-refractivity contribution in [2.75, 3.05) is 6.54 Å². The zero-order valence-corrected chi connectivity index (χ0v) is 8.95. The van der Waals surface area contributed by atoms with E-state index in [0.29, 0.717) is 12.5 Å². The van der Waals surface area contributed by atoms with Crippen LogP contribution in [-0.2, 0) is 9.53 Å². The van der Waals surface area contributed by atoms with Crippen molar-refractivity contribution >= 4 is 5.91 Å². The Hall–Kier alpha value is -0.610. The van der Waals surface area contributed by atoms with Gasteiger partial charge in [0, 0.05) is 6.54 Å². The fourth-order valence-corrected chi connectivity index (χ4v) is 2.12. The first-order valence-corrected chi connectivity index (χ1v) is 5.16. The molecule has 4 nitrogen and oxygen atoms in total. The lowest BCUT2D eigenvalue weighted by Gasteiger charge is -2.30. The molecule has 0 spiro atoms. The molecular weight excluding hydrogens is 180 g/mol. The first-order valence-electron chi connectivity index (χ1n) is 5.16. The summed E-state index contributed by atoms with van der Waals surface area (Å²) in [5.41, 5.74) is 10.5. The molecule has 0 aromatic rings. The third kappa shape index (κ3) is 2.45. The first-order chi connectivity index (χ1) is 6.49. The number of hydrogen-bond acceptors (Lipinski definition) is 3. The molecule has 1 aliphatic carbocycles. The maximum absolute atomic E-state index is 10.9. The number of carbonyl (C=O) groups excluding carboxylic acids is 1. The second-order valence-electron chi connectivity index (χ2n) is 4.40. The lowest BCUT2D eigenvalue weighted by molar-refractivity contribution is -0.141. The highest BCUT2D eigenvalue weighted by atomic mass is 16.5. The molecule has 4 heteroatoms. The van der Waals surface area contributed by atoms with Crippen molar-refractivity contribution < 1.29 is 9.53 Å². The van der Waals surface area contributed by atoms with Crippen LogP contribution in [0.3, 0.4) is 0 Å². The Morgan fingerprint density at radius 1 is 1.71 bits per heavy atom. The van der Waals surface area contributed by atoms with Crippen LogP contribution >= 0.6 is 0 Å². The van der Waals surface area contributed by atoms with Crippen LogP contribution < -0.4 is 11.5 Å². The molecule has 0 radical (unpaired) electrons. The van der Waals surface area contributed by atoms with Crippen molar-refractivity contribution in [1.82, 2.24) is 0 Å². The molecular formula is C10H20N2O2. The summed E-state index contributed by atoms with van der Waals surface area (Å²) in [4.78, 5) is 10.9. The van der Waals surface area contributed by atoms with Crippen LogP contribution in [0.25, 0.3) is 0 Å². The minimum absolute atomic E-state index is 0.312. The Morgan fingerprint density at radius 3 is 2.71 bits per heavy atom. The van der Waals surface area contributed by atoms with Crippen LogP contribution in [0.2, 0.25) is 0 Å². The summed E-state index contributed by atoms with van der Waals surface area (Å²) < 4.78 is 5.68. The number of rotatable bonds is 4. The van der Waals surface area contributed by atoms with E-state index in [1.54, 1.807) is 6.92 Å². The van der Waals surface area contributed by atoms with Crippen molar-refractivity contribution in [1.29, 1.82) is 0 Å². The molecule has 3 atom stereocenters. The van der Waals surface area contributed by atoms with Crippen molar-refractivity contribution in [2.24, 2.45) is 17.4 Å². The van der Waals surface area contributed by atoms with Gasteiger partial charge >= 0.3 is 0 Å². The fraction of sp³-hybridized carbons (Fsp3) is 0.900. The Kier molecular flexibility index (Phi) is 3.50. The molecule has 0 aliphatic heterocycles. The van der Waals surface area contributed by atoms with Gasteiger partial charge in [0.2, 0.25) is 5.91 Å². The molecule has 0 bridgehead atoms. The number of primary amides is 1. The Bertz CT molecular complexity index is 220. The highest BCUT2D eigenvalue weighted by molar-refractivity contribution is 5.78. The molecule has 0 aromatic heterocycles. The number of nitrogens with two attached hydrogens (primary N) is 2. The van der Waals surface area contributed by atoms with E-state index in [1.807, 2.05) is 0 Å². The average Bonchev–Trinajstić information content (AvgIpc) is 2.48. The van der Waals surface area contributed by atoms with E-state index in [-0.39, 0.29) is 5.60 Å². The predicted molar refractivity (Wildman–Crippen MR) is 54.5 cm³/mol. The van der Waals surface area contributed by atoms with Crippen molar-refractivity contribution in [2.45, 2.75) is 44.8 Å². The minimum atomic E-state index is -0.538. The number of amides is 1. The van der Waals surface area contributed by atoms with Crippen molar-refractivity contribution in [3.8, 4) is 0 Å². The predicted octanol–water partition coefficient (Wildman–Crippen LogP) is 0.394. The quantitative estimate of drug-likeness (QED) is 0.689. The second-order valence-corrected chi connectivity index (χ2v) is 4.40. The molecule has 82 valence electrons. The molecule has 1 rings (SSSR count). The molecule has 3 unspecified atom stereocenters. The normalized spacial score (nSPS) is 34.4. The van der Waals surface area contributed by atoms with Crippen LogP contribution in [0.1, 0.15) is 33.1 Å². The topological polar surface area (TPSA) is 78.3 Å². The van der Waals surface area contributed by atoms with Gasteiger partial charge in [0.1, 0.15) is 6.10 Å². The molecule has 4 N–H and O–H groups in total. The third-order valence-electron chi connectivity index (χ3n) is 3.01. The van der Waals surface area contributed by atoms with E-state index in [1.165, 1.54) is 0 Å². The van der Waals surface area contributed by atoms with Gasteiger partial charge in [-0.1, -0.05) is 6.92 Å². The van der Waals surface area contributed by atoms with Gasteiger partial charge in [0.05, 0.1) is 5.60 Å². The van der Waals surface area contributed by atoms with E-state index >= 15 is 0 Å². The van der Waals surface area contributed by atoms with E-state index in [2.05, 4.69) is 6.92 Å². The third-order valence-corrected chi connectivity index (χ3v) is 3.01. The SMILES string of the molecule is CC1CCC(CN)(OC(C)C(N)=O)C1. The summed E-state index contributed by atoms with van der Waals surface area (Å²) >= 11 is 0. The lowest BCUT2D eigenvalue weighted by Crippen LogP contribution is -2.44. The Balaban J connectivity index is 2.58. The molecule has 0 heterocycles. The monoisotopic (exact) mass is 200 g/mol. The number of ether oxygens (including phenoxy) is 1. The zero-order valence-electron chi connectivity index (χ0n) is 8.95. The fourth-order valence-electron chi connectivity index (χ4n) is 2.12. The van der Waals surface area contributed by atoms with Crippen molar-refractivity contribution in [3.05, 3.63) is 0 Å². The van der Waals surface area contributed by atoms with Crippen LogP contribution in [0.4, 0.5) is 0 Å². The van der Waals surface area contributed by atoms with E-state index in [4.69, 9.17) is 16.2 Å². The summed E-state index contributed by atoms with van der Waals surface area (Å²) in [6.07, 6.45) is 2.44. The summed E-state index contributed by atoms with van der Waals surface area (Å²) in [6.45, 7) is 4.33. The van der Waals surface area contributed by atoms with Gasteiger partial charge in [-0.05, 0) is 32.1 Å². The molecule has 0 aromatic carbocycles.